The minimum absolute atomic E-state index is 0.111. The number of tetrazole rings is 1. The summed E-state index contributed by atoms with van der Waals surface area (Å²) in [6.45, 7) is 5.55. The number of H-pyrrole nitrogens is 1. The number of rotatable bonds is 6. The van der Waals surface area contributed by atoms with Crippen LogP contribution in [0.15, 0.2) is 29.1 Å². The van der Waals surface area contributed by atoms with Crippen LogP contribution in [-0.2, 0) is 9.53 Å². The maximum atomic E-state index is 13.4. The minimum atomic E-state index is -0.382. The average Bonchev–Trinajstić information content (AvgIpc) is 3.53. The summed E-state index contributed by atoms with van der Waals surface area (Å²) in [4.78, 5) is 31.1. The molecular formula is C25H32N6O3. The van der Waals surface area contributed by atoms with Gasteiger partial charge in [0.25, 0.3) is 5.56 Å². The zero-order chi connectivity index (χ0) is 23.7. The van der Waals surface area contributed by atoms with Crippen molar-refractivity contribution in [2.75, 3.05) is 19.7 Å². The van der Waals surface area contributed by atoms with Crippen molar-refractivity contribution in [2.24, 2.45) is 5.92 Å². The van der Waals surface area contributed by atoms with E-state index in [0.29, 0.717) is 43.9 Å². The highest BCUT2D eigenvalue weighted by atomic mass is 16.5. The number of nitrogens with one attached hydrogen (secondary N) is 1. The van der Waals surface area contributed by atoms with Gasteiger partial charge in [-0.25, -0.2) is 4.68 Å². The van der Waals surface area contributed by atoms with E-state index in [4.69, 9.17) is 4.74 Å². The zero-order valence-corrected chi connectivity index (χ0v) is 19.9. The summed E-state index contributed by atoms with van der Waals surface area (Å²) in [6, 6.07) is 7.87. The van der Waals surface area contributed by atoms with Gasteiger partial charge < -0.3 is 9.72 Å². The number of hydrogen-bond donors (Lipinski definition) is 1. The number of aryl methyl sites for hydroxylation is 1. The molecule has 3 heterocycles. The number of aromatic nitrogens is 5. The summed E-state index contributed by atoms with van der Waals surface area (Å²) < 4.78 is 7.19. The number of likely N-dealkylation sites (tertiary alicyclic amines) is 1. The topological polar surface area (TPSA) is 106 Å². The third-order valence-electron chi connectivity index (χ3n) is 7.36. The first-order valence-corrected chi connectivity index (χ1v) is 12.4. The molecule has 1 atom stereocenters. The predicted molar refractivity (Wildman–Crippen MR) is 127 cm³/mol. The standard InChI is InChI=1S/C25H32N6O3/c1-3-34-25(33)17-11-13-30(14-12-17)22(23-27-28-29-31(23)19-9-4-5-10-19)20-15-18-8-6-7-16(2)21(18)26-24(20)32/h6-8,15,17,19,22H,3-5,9-14H2,1-2H3,(H,26,32). The molecule has 3 aromatic rings. The first kappa shape index (κ1) is 22.7. The molecule has 0 amide bonds. The van der Waals surface area contributed by atoms with Gasteiger partial charge in [0.2, 0.25) is 0 Å². The molecule has 1 saturated heterocycles. The monoisotopic (exact) mass is 464 g/mol. The minimum Gasteiger partial charge on any atom is -0.466 e. The van der Waals surface area contributed by atoms with Gasteiger partial charge in [-0.1, -0.05) is 31.0 Å². The molecule has 1 saturated carbocycles. The molecule has 1 N–H and O–H groups in total. The van der Waals surface area contributed by atoms with Crippen LogP contribution < -0.4 is 5.56 Å². The van der Waals surface area contributed by atoms with Crippen LogP contribution in [-0.4, -0.2) is 55.8 Å². The van der Waals surface area contributed by atoms with Crippen molar-refractivity contribution >= 4 is 16.9 Å². The second-order valence-electron chi connectivity index (χ2n) is 9.48. The molecule has 2 fully saturated rings. The number of pyridine rings is 1. The second-order valence-corrected chi connectivity index (χ2v) is 9.48. The number of ether oxygens (including phenoxy) is 1. The van der Waals surface area contributed by atoms with Crippen molar-refractivity contribution in [3.05, 3.63) is 51.6 Å². The average molecular weight is 465 g/mol. The molecule has 2 aromatic heterocycles. The quantitative estimate of drug-likeness (QED) is 0.558. The molecule has 0 radical (unpaired) electrons. The van der Waals surface area contributed by atoms with Gasteiger partial charge >= 0.3 is 5.97 Å². The maximum Gasteiger partial charge on any atom is 0.309 e. The van der Waals surface area contributed by atoms with E-state index in [1.165, 1.54) is 0 Å². The summed E-state index contributed by atoms with van der Waals surface area (Å²) in [5.41, 5.74) is 2.40. The number of hydrogen-bond acceptors (Lipinski definition) is 7. The second kappa shape index (κ2) is 9.66. The molecule has 9 nitrogen and oxygen atoms in total. The molecule has 1 aliphatic heterocycles. The fourth-order valence-electron chi connectivity index (χ4n) is 5.55. The van der Waals surface area contributed by atoms with E-state index in [1.807, 2.05) is 42.8 Å². The lowest BCUT2D eigenvalue weighted by molar-refractivity contribution is -0.149. The van der Waals surface area contributed by atoms with Gasteiger partial charge in [0.05, 0.1) is 24.1 Å². The highest BCUT2D eigenvalue weighted by molar-refractivity contribution is 5.82. The van der Waals surface area contributed by atoms with Gasteiger partial charge in [0.1, 0.15) is 6.04 Å². The highest BCUT2D eigenvalue weighted by Crippen LogP contribution is 2.35. The first-order valence-electron chi connectivity index (χ1n) is 12.4. The molecule has 9 heteroatoms. The molecule has 1 aromatic carbocycles. The van der Waals surface area contributed by atoms with Crippen LogP contribution in [0, 0.1) is 12.8 Å². The molecule has 180 valence electrons. The van der Waals surface area contributed by atoms with Crippen LogP contribution in [0.25, 0.3) is 10.9 Å². The Balaban J connectivity index is 1.55. The van der Waals surface area contributed by atoms with E-state index < -0.39 is 0 Å². The molecule has 1 aliphatic carbocycles. The van der Waals surface area contributed by atoms with Crippen molar-refractivity contribution in [3.63, 3.8) is 0 Å². The number of esters is 1. The van der Waals surface area contributed by atoms with Crippen molar-refractivity contribution in [1.82, 2.24) is 30.1 Å². The van der Waals surface area contributed by atoms with Crippen LogP contribution in [0.5, 0.6) is 0 Å². The predicted octanol–water partition coefficient (Wildman–Crippen LogP) is 3.30. The number of carbonyl (C=O) groups excluding carboxylic acids is 1. The van der Waals surface area contributed by atoms with Crippen LogP contribution in [0.4, 0.5) is 0 Å². The van der Waals surface area contributed by atoms with Crippen LogP contribution in [0.2, 0.25) is 0 Å². The Hall–Kier alpha value is -3.07. The third kappa shape index (κ3) is 4.24. The normalized spacial score (nSPS) is 19.0. The van der Waals surface area contributed by atoms with Crippen LogP contribution >= 0.6 is 0 Å². The molecule has 1 unspecified atom stereocenters. The van der Waals surface area contributed by atoms with E-state index in [9.17, 15) is 9.59 Å². The van der Waals surface area contributed by atoms with Crippen molar-refractivity contribution in [2.45, 2.75) is 64.5 Å². The molecule has 0 spiro atoms. The van der Waals surface area contributed by atoms with E-state index in [2.05, 4.69) is 25.4 Å². The molecular weight excluding hydrogens is 432 g/mol. The fourth-order valence-corrected chi connectivity index (χ4v) is 5.55. The van der Waals surface area contributed by atoms with Crippen molar-refractivity contribution in [1.29, 1.82) is 0 Å². The number of carbonyl (C=O) groups is 1. The number of fused-ring (bicyclic) bond motifs is 1. The number of benzene rings is 1. The van der Waals surface area contributed by atoms with E-state index in [0.717, 1.165) is 42.1 Å². The van der Waals surface area contributed by atoms with E-state index in [1.54, 1.807) is 0 Å². The van der Waals surface area contributed by atoms with E-state index >= 15 is 0 Å². The Morgan fingerprint density at radius 1 is 1.21 bits per heavy atom. The fraction of sp³-hybridized carbons (Fsp3) is 0.560. The largest absolute Gasteiger partial charge is 0.466 e. The Labute approximate surface area is 198 Å². The lowest BCUT2D eigenvalue weighted by atomic mass is 9.93. The molecule has 34 heavy (non-hydrogen) atoms. The first-order chi connectivity index (χ1) is 16.6. The summed E-state index contributed by atoms with van der Waals surface area (Å²) in [5.74, 6) is 0.465. The van der Waals surface area contributed by atoms with Crippen LogP contribution in [0.3, 0.4) is 0 Å². The highest BCUT2D eigenvalue weighted by Gasteiger charge is 2.36. The van der Waals surface area contributed by atoms with Gasteiger partial charge in [-0.2, -0.15) is 0 Å². The number of para-hydroxylation sites is 1. The summed E-state index contributed by atoms with van der Waals surface area (Å²) >= 11 is 0. The number of piperidine rings is 1. The SMILES string of the molecule is CCOC(=O)C1CCN(C(c2cc3cccc(C)c3[nH]c2=O)c2nnnn2C2CCCC2)CC1. The Kier molecular flexibility index (Phi) is 6.45. The number of aromatic amines is 1. The molecule has 2 aliphatic rings. The maximum absolute atomic E-state index is 13.4. The smallest absolute Gasteiger partial charge is 0.309 e. The third-order valence-corrected chi connectivity index (χ3v) is 7.36. The molecule has 5 rings (SSSR count). The van der Waals surface area contributed by atoms with Crippen molar-refractivity contribution in [3.8, 4) is 0 Å². The van der Waals surface area contributed by atoms with Gasteiger partial charge in [0.15, 0.2) is 5.82 Å². The summed E-state index contributed by atoms with van der Waals surface area (Å²) in [7, 11) is 0. The zero-order valence-electron chi connectivity index (χ0n) is 19.9. The lowest BCUT2D eigenvalue weighted by Gasteiger charge is -2.36. The summed E-state index contributed by atoms with van der Waals surface area (Å²) in [5, 5.41) is 13.8. The summed E-state index contributed by atoms with van der Waals surface area (Å²) in [6.07, 6.45) is 5.78. The van der Waals surface area contributed by atoms with Gasteiger partial charge in [0, 0.05) is 18.7 Å². The van der Waals surface area contributed by atoms with E-state index in [-0.39, 0.29) is 29.5 Å². The Bertz CT molecular complexity index is 1220. The van der Waals surface area contributed by atoms with Gasteiger partial charge in [-0.15, -0.1) is 5.10 Å². The van der Waals surface area contributed by atoms with Gasteiger partial charge in [-0.05, 0) is 67.0 Å². The Morgan fingerprint density at radius 2 is 1.97 bits per heavy atom. The van der Waals surface area contributed by atoms with Gasteiger partial charge in [-0.3, -0.25) is 14.5 Å². The van der Waals surface area contributed by atoms with Crippen LogP contribution in [0.1, 0.15) is 74.5 Å². The lowest BCUT2D eigenvalue weighted by Crippen LogP contribution is -2.42. The number of nitrogens with zero attached hydrogens (tertiary/aromatic N) is 5. The molecule has 0 bridgehead atoms. The van der Waals surface area contributed by atoms with Crippen molar-refractivity contribution < 1.29 is 9.53 Å². The Morgan fingerprint density at radius 3 is 2.71 bits per heavy atom.